The Balaban J connectivity index is 2.29. The molecule has 0 saturated carbocycles. The van der Waals surface area contributed by atoms with Gasteiger partial charge in [-0.05, 0) is 36.8 Å². The van der Waals surface area contributed by atoms with Gasteiger partial charge in [-0.15, -0.1) is 0 Å². The van der Waals surface area contributed by atoms with Crippen molar-refractivity contribution in [2.24, 2.45) is 0 Å². The summed E-state index contributed by atoms with van der Waals surface area (Å²) in [6.45, 7) is 2.61. The predicted octanol–water partition coefficient (Wildman–Crippen LogP) is 2.45. The molecule has 2 rings (SSSR count). The predicted molar refractivity (Wildman–Crippen MR) is 76.7 cm³/mol. The molecule has 94 valence electrons. The summed E-state index contributed by atoms with van der Waals surface area (Å²) in [6, 6.07) is 9.64. The molecule has 1 aromatic heterocycles. The molecular formula is C14H16N2OS. The van der Waals surface area contributed by atoms with Gasteiger partial charge < -0.3 is 9.88 Å². The van der Waals surface area contributed by atoms with E-state index in [-0.39, 0.29) is 5.91 Å². The third-order valence-corrected chi connectivity index (χ3v) is 2.97. The Morgan fingerprint density at radius 3 is 2.72 bits per heavy atom. The van der Waals surface area contributed by atoms with Crippen LogP contribution in [0.25, 0.3) is 5.69 Å². The van der Waals surface area contributed by atoms with Crippen molar-refractivity contribution in [2.45, 2.75) is 6.92 Å². The molecule has 2 aromatic rings. The highest BCUT2D eigenvalue weighted by atomic mass is 32.1. The molecule has 4 heteroatoms. The standard InChI is InChI=1S/C14H16N2OS/c1-11-4-5-12(14(17)15-6-9-18)10-13(11)16-7-2-3-8-16/h2-5,7-8,10,18H,6,9H2,1H3,(H,15,17). The number of nitrogens with one attached hydrogen (secondary N) is 1. The van der Waals surface area contributed by atoms with Crippen molar-refractivity contribution >= 4 is 18.5 Å². The van der Waals surface area contributed by atoms with Gasteiger partial charge in [0.2, 0.25) is 0 Å². The zero-order valence-corrected chi connectivity index (χ0v) is 11.2. The molecule has 1 amide bonds. The smallest absolute Gasteiger partial charge is 0.251 e. The zero-order chi connectivity index (χ0) is 13.0. The molecule has 18 heavy (non-hydrogen) atoms. The van der Waals surface area contributed by atoms with E-state index in [0.29, 0.717) is 17.9 Å². The van der Waals surface area contributed by atoms with E-state index < -0.39 is 0 Å². The van der Waals surface area contributed by atoms with Crippen LogP contribution in [0.4, 0.5) is 0 Å². The van der Waals surface area contributed by atoms with Gasteiger partial charge in [0.15, 0.2) is 0 Å². The van der Waals surface area contributed by atoms with E-state index in [4.69, 9.17) is 0 Å². The molecular weight excluding hydrogens is 244 g/mol. The molecule has 0 radical (unpaired) electrons. The minimum Gasteiger partial charge on any atom is -0.351 e. The van der Waals surface area contributed by atoms with Crippen molar-refractivity contribution in [1.82, 2.24) is 9.88 Å². The van der Waals surface area contributed by atoms with Gasteiger partial charge in [0.25, 0.3) is 5.91 Å². The minimum absolute atomic E-state index is 0.0579. The summed E-state index contributed by atoms with van der Waals surface area (Å²) in [5, 5.41) is 2.82. The van der Waals surface area contributed by atoms with Gasteiger partial charge in [-0.1, -0.05) is 6.07 Å². The highest BCUT2D eigenvalue weighted by Crippen LogP contribution is 2.16. The molecule has 1 N–H and O–H groups in total. The van der Waals surface area contributed by atoms with Crippen LogP contribution in [-0.4, -0.2) is 22.8 Å². The summed E-state index contributed by atoms with van der Waals surface area (Å²) in [5.74, 6) is 0.583. The molecule has 1 aromatic carbocycles. The van der Waals surface area contributed by atoms with Crippen LogP contribution in [0, 0.1) is 6.92 Å². The summed E-state index contributed by atoms with van der Waals surface area (Å²) < 4.78 is 2.00. The monoisotopic (exact) mass is 260 g/mol. The molecule has 1 heterocycles. The second kappa shape index (κ2) is 5.78. The SMILES string of the molecule is Cc1ccc(C(=O)NCCS)cc1-n1cccc1. The summed E-state index contributed by atoms with van der Waals surface area (Å²) in [7, 11) is 0. The number of rotatable bonds is 4. The zero-order valence-electron chi connectivity index (χ0n) is 10.3. The normalized spacial score (nSPS) is 10.3. The number of aryl methyl sites for hydroxylation is 1. The molecule has 0 unspecified atom stereocenters. The van der Waals surface area contributed by atoms with Crippen molar-refractivity contribution in [3.8, 4) is 5.69 Å². The van der Waals surface area contributed by atoms with Gasteiger partial charge in [0.1, 0.15) is 0 Å². The lowest BCUT2D eigenvalue weighted by Crippen LogP contribution is -2.25. The Morgan fingerprint density at radius 2 is 2.06 bits per heavy atom. The Kier molecular flexibility index (Phi) is 4.10. The second-order valence-corrected chi connectivity index (χ2v) is 4.52. The van der Waals surface area contributed by atoms with Gasteiger partial charge in [0, 0.05) is 35.9 Å². The summed E-state index contributed by atoms with van der Waals surface area (Å²) in [4.78, 5) is 11.9. The maximum atomic E-state index is 11.9. The van der Waals surface area contributed by atoms with E-state index in [9.17, 15) is 4.79 Å². The van der Waals surface area contributed by atoms with E-state index in [1.54, 1.807) is 0 Å². The van der Waals surface area contributed by atoms with Gasteiger partial charge in [-0.3, -0.25) is 4.79 Å². The molecule has 0 spiro atoms. The molecule has 0 aliphatic carbocycles. The van der Waals surface area contributed by atoms with Gasteiger partial charge in [0.05, 0.1) is 0 Å². The van der Waals surface area contributed by atoms with Crippen LogP contribution in [0.1, 0.15) is 15.9 Å². The van der Waals surface area contributed by atoms with E-state index in [1.807, 2.05) is 54.2 Å². The largest absolute Gasteiger partial charge is 0.351 e. The van der Waals surface area contributed by atoms with E-state index in [1.165, 1.54) is 0 Å². The lowest BCUT2D eigenvalue weighted by Gasteiger charge is -2.10. The van der Waals surface area contributed by atoms with Gasteiger partial charge in [-0.2, -0.15) is 12.6 Å². The quantitative estimate of drug-likeness (QED) is 0.814. The fourth-order valence-electron chi connectivity index (χ4n) is 1.80. The number of amides is 1. The Hall–Kier alpha value is -1.68. The van der Waals surface area contributed by atoms with Crippen molar-refractivity contribution in [3.63, 3.8) is 0 Å². The minimum atomic E-state index is -0.0579. The maximum absolute atomic E-state index is 11.9. The fourth-order valence-corrected chi connectivity index (χ4v) is 1.91. The number of thiol groups is 1. The molecule has 0 aliphatic rings. The number of nitrogens with zero attached hydrogens (tertiary/aromatic N) is 1. The number of hydrogen-bond acceptors (Lipinski definition) is 2. The third kappa shape index (κ3) is 2.76. The lowest BCUT2D eigenvalue weighted by atomic mass is 10.1. The number of carbonyl (C=O) groups excluding carboxylic acids is 1. The van der Waals surface area contributed by atoms with E-state index >= 15 is 0 Å². The number of carbonyl (C=O) groups is 1. The van der Waals surface area contributed by atoms with Crippen molar-refractivity contribution in [1.29, 1.82) is 0 Å². The van der Waals surface area contributed by atoms with Crippen LogP contribution in [0.15, 0.2) is 42.7 Å². The van der Waals surface area contributed by atoms with Crippen LogP contribution in [0.5, 0.6) is 0 Å². The highest BCUT2D eigenvalue weighted by molar-refractivity contribution is 7.80. The number of hydrogen-bond donors (Lipinski definition) is 2. The Labute approximate surface area is 112 Å². The third-order valence-electron chi connectivity index (χ3n) is 2.75. The summed E-state index contributed by atoms with van der Waals surface area (Å²) in [6.07, 6.45) is 3.94. The van der Waals surface area contributed by atoms with Crippen LogP contribution < -0.4 is 5.32 Å². The maximum Gasteiger partial charge on any atom is 0.251 e. The molecule has 0 aliphatic heterocycles. The topological polar surface area (TPSA) is 34.0 Å². The van der Waals surface area contributed by atoms with Crippen LogP contribution >= 0.6 is 12.6 Å². The first-order valence-electron chi connectivity index (χ1n) is 5.85. The molecule has 3 nitrogen and oxygen atoms in total. The first-order valence-corrected chi connectivity index (χ1v) is 6.48. The molecule has 0 bridgehead atoms. The van der Waals surface area contributed by atoms with Crippen LogP contribution in [0.3, 0.4) is 0 Å². The summed E-state index contributed by atoms with van der Waals surface area (Å²) >= 11 is 4.07. The van der Waals surface area contributed by atoms with Crippen LogP contribution in [0.2, 0.25) is 0 Å². The number of benzene rings is 1. The van der Waals surface area contributed by atoms with Crippen LogP contribution in [-0.2, 0) is 0 Å². The second-order valence-electron chi connectivity index (χ2n) is 4.07. The average molecular weight is 260 g/mol. The first kappa shape index (κ1) is 12.8. The Morgan fingerprint density at radius 1 is 1.33 bits per heavy atom. The highest BCUT2D eigenvalue weighted by Gasteiger charge is 2.08. The molecule has 0 saturated heterocycles. The van der Waals surface area contributed by atoms with Crippen molar-refractivity contribution in [2.75, 3.05) is 12.3 Å². The number of aromatic nitrogens is 1. The summed E-state index contributed by atoms with van der Waals surface area (Å²) in [5.41, 5.74) is 2.83. The fraction of sp³-hybridized carbons (Fsp3) is 0.214. The van der Waals surface area contributed by atoms with Gasteiger partial charge in [-0.25, -0.2) is 0 Å². The van der Waals surface area contributed by atoms with E-state index in [2.05, 4.69) is 17.9 Å². The first-order chi connectivity index (χ1) is 8.72. The molecule has 0 fully saturated rings. The Bertz CT molecular complexity index is 535. The van der Waals surface area contributed by atoms with Crippen molar-refractivity contribution in [3.05, 3.63) is 53.9 Å². The van der Waals surface area contributed by atoms with Gasteiger partial charge >= 0.3 is 0 Å². The molecule has 0 atom stereocenters. The van der Waals surface area contributed by atoms with E-state index in [0.717, 1.165) is 11.3 Å². The lowest BCUT2D eigenvalue weighted by molar-refractivity contribution is 0.0956. The van der Waals surface area contributed by atoms with Crippen molar-refractivity contribution < 1.29 is 4.79 Å². The average Bonchev–Trinajstić information content (AvgIpc) is 2.90.